The smallest absolute Gasteiger partial charge is 0.319 e. The summed E-state index contributed by atoms with van der Waals surface area (Å²) in [7, 11) is 3.16. The van der Waals surface area contributed by atoms with E-state index in [4.69, 9.17) is 39.5 Å². The molecule has 1 rings (SSSR count). The molecule has 0 fully saturated rings. The zero-order valence-corrected chi connectivity index (χ0v) is 13.1. The number of aryl methyl sites for hydroxylation is 1. The van der Waals surface area contributed by atoms with Crippen LogP contribution in [0.5, 0.6) is 5.75 Å². The summed E-state index contributed by atoms with van der Waals surface area (Å²) in [5.74, 6) is 0.510. The summed E-state index contributed by atoms with van der Waals surface area (Å²) in [6.07, 6.45) is -1.09. The van der Waals surface area contributed by atoms with Gasteiger partial charge in [-0.25, -0.2) is 4.79 Å². The van der Waals surface area contributed by atoms with E-state index in [1.165, 1.54) is 4.90 Å². The summed E-state index contributed by atoms with van der Waals surface area (Å²) in [5.41, 5.74) is 1.000. The fourth-order valence-electron chi connectivity index (χ4n) is 1.24. The van der Waals surface area contributed by atoms with Gasteiger partial charge in [-0.15, -0.1) is 0 Å². The van der Waals surface area contributed by atoms with Gasteiger partial charge in [0.15, 0.2) is 0 Å². The first-order valence-corrected chi connectivity index (χ1v) is 6.61. The largest absolute Gasteiger partial charge is 0.466 e. The number of alkyl halides is 3. The molecule has 0 aliphatic rings. The monoisotopic (exact) mass is 324 g/mol. The molecule has 1 aromatic carbocycles. The number of nitrogens with zero attached hydrogens (tertiary/aromatic N) is 1. The van der Waals surface area contributed by atoms with Gasteiger partial charge in [-0.3, -0.25) is 5.32 Å². The first kappa shape index (κ1) is 16.2. The van der Waals surface area contributed by atoms with Crippen LogP contribution in [0.25, 0.3) is 0 Å². The molecule has 7 heteroatoms. The highest BCUT2D eigenvalue weighted by Crippen LogP contribution is 2.32. The number of ether oxygens (including phenoxy) is 1. The van der Waals surface area contributed by atoms with Crippen LogP contribution in [0.15, 0.2) is 24.3 Å². The Kier molecular flexibility index (Phi) is 5.59. The lowest BCUT2D eigenvalue weighted by Gasteiger charge is -2.27. The van der Waals surface area contributed by atoms with Crippen molar-refractivity contribution in [3.05, 3.63) is 29.8 Å². The zero-order valence-electron chi connectivity index (χ0n) is 10.8. The van der Waals surface area contributed by atoms with Crippen LogP contribution in [0, 0.1) is 6.92 Å². The molecule has 0 radical (unpaired) electrons. The van der Waals surface area contributed by atoms with E-state index in [0.717, 1.165) is 5.56 Å². The van der Waals surface area contributed by atoms with Gasteiger partial charge in [-0.1, -0.05) is 46.9 Å². The van der Waals surface area contributed by atoms with E-state index in [9.17, 15) is 4.79 Å². The van der Waals surface area contributed by atoms with Gasteiger partial charge in [-0.05, 0) is 24.6 Å². The lowest BCUT2D eigenvalue weighted by Crippen LogP contribution is -2.50. The minimum absolute atomic E-state index is 0.413. The van der Waals surface area contributed by atoms with Gasteiger partial charge < -0.3 is 9.64 Å². The third-order valence-electron chi connectivity index (χ3n) is 2.20. The Morgan fingerprint density at radius 2 is 2.00 bits per heavy atom. The highest BCUT2D eigenvalue weighted by atomic mass is 35.6. The zero-order chi connectivity index (χ0) is 14.6. The van der Waals surface area contributed by atoms with Crippen molar-refractivity contribution >= 4 is 40.8 Å². The maximum absolute atomic E-state index is 11.6. The molecule has 1 aromatic rings. The van der Waals surface area contributed by atoms with Crippen molar-refractivity contribution in [1.82, 2.24) is 10.2 Å². The fourth-order valence-corrected chi connectivity index (χ4v) is 1.54. The van der Waals surface area contributed by atoms with Gasteiger partial charge in [0.05, 0.1) is 0 Å². The molecular formula is C12H15Cl3N2O2. The van der Waals surface area contributed by atoms with Crippen LogP contribution < -0.4 is 10.1 Å². The number of rotatable bonds is 3. The van der Waals surface area contributed by atoms with Crippen molar-refractivity contribution in [2.45, 2.75) is 16.9 Å². The van der Waals surface area contributed by atoms with Crippen LogP contribution >= 0.6 is 34.8 Å². The number of nitrogens with one attached hydrogen (secondary N) is 1. The Bertz CT molecular complexity index is 447. The Morgan fingerprint density at radius 3 is 2.47 bits per heavy atom. The SMILES string of the molecule is Cc1cccc(O[C@@H](NC(=O)N(C)C)C(Cl)(Cl)Cl)c1. The van der Waals surface area contributed by atoms with E-state index >= 15 is 0 Å². The lowest BCUT2D eigenvalue weighted by atomic mass is 10.2. The van der Waals surface area contributed by atoms with Crippen molar-refractivity contribution in [1.29, 1.82) is 0 Å². The van der Waals surface area contributed by atoms with E-state index < -0.39 is 16.1 Å². The molecule has 0 unspecified atom stereocenters. The second-order valence-electron chi connectivity index (χ2n) is 4.20. The quantitative estimate of drug-likeness (QED) is 0.684. The Hall–Kier alpha value is -0.840. The second-order valence-corrected chi connectivity index (χ2v) is 6.57. The van der Waals surface area contributed by atoms with E-state index in [2.05, 4.69) is 5.32 Å². The van der Waals surface area contributed by atoms with Crippen molar-refractivity contribution < 1.29 is 9.53 Å². The molecule has 0 aromatic heterocycles. The maximum Gasteiger partial charge on any atom is 0.319 e. The number of benzene rings is 1. The topological polar surface area (TPSA) is 41.6 Å². The Labute approximate surface area is 127 Å². The molecular weight excluding hydrogens is 311 g/mol. The summed E-state index contributed by atoms with van der Waals surface area (Å²) in [5, 5.41) is 2.49. The van der Waals surface area contributed by atoms with E-state index in [1.807, 2.05) is 19.1 Å². The third-order valence-corrected chi connectivity index (χ3v) is 2.80. The number of hydrogen-bond donors (Lipinski definition) is 1. The number of amides is 2. The van der Waals surface area contributed by atoms with Crippen molar-refractivity contribution in [3.8, 4) is 5.75 Å². The molecule has 0 heterocycles. The van der Waals surface area contributed by atoms with Gasteiger partial charge >= 0.3 is 6.03 Å². The van der Waals surface area contributed by atoms with Crippen molar-refractivity contribution in [2.24, 2.45) is 0 Å². The molecule has 0 saturated carbocycles. The number of urea groups is 1. The summed E-state index contributed by atoms with van der Waals surface area (Å²) >= 11 is 17.4. The van der Waals surface area contributed by atoms with Crippen LogP contribution in [-0.4, -0.2) is 35.0 Å². The second kappa shape index (κ2) is 6.55. The number of halogens is 3. The molecule has 0 aliphatic heterocycles. The number of carbonyl (C=O) groups excluding carboxylic acids is 1. The standard InChI is InChI=1S/C12H15Cl3N2O2/c1-8-5-4-6-9(7-8)19-10(12(13,14)15)16-11(18)17(2)3/h4-7,10H,1-3H3,(H,16,18)/t10-/m1/s1. The first-order valence-electron chi connectivity index (χ1n) is 5.48. The van der Waals surface area contributed by atoms with Crippen LogP contribution in [0.1, 0.15) is 5.56 Å². The summed E-state index contributed by atoms with van der Waals surface area (Å²) in [6.45, 7) is 1.91. The Morgan fingerprint density at radius 1 is 1.37 bits per heavy atom. The molecule has 0 spiro atoms. The van der Waals surface area contributed by atoms with Gasteiger partial charge in [0, 0.05) is 14.1 Å². The molecule has 106 valence electrons. The van der Waals surface area contributed by atoms with Crippen LogP contribution in [0.2, 0.25) is 0 Å². The third kappa shape index (κ3) is 5.35. The maximum atomic E-state index is 11.6. The average Bonchev–Trinajstić information content (AvgIpc) is 2.26. The molecule has 19 heavy (non-hydrogen) atoms. The number of carbonyl (C=O) groups is 1. The Balaban J connectivity index is 2.84. The normalized spacial score (nSPS) is 12.7. The van der Waals surface area contributed by atoms with E-state index in [-0.39, 0.29) is 0 Å². The van der Waals surface area contributed by atoms with Crippen molar-refractivity contribution in [3.63, 3.8) is 0 Å². The first-order chi connectivity index (χ1) is 8.70. The average molecular weight is 326 g/mol. The van der Waals surface area contributed by atoms with Gasteiger partial charge in [0.25, 0.3) is 0 Å². The summed E-state index contributed by atoms with van der Waals surface area (Å²) in [4.78, 5) is 12.9. The minimum Gasteiger partial charge on any atom is -0.466 e. The van der Waals surface area contributed by atoms with Crippen molar-refractivity contribution in [2.75, 3.05) is 14.1 Å². The van der Waals surface area contributed by atoms with Crippen LogP contribution in [0.3, 0.4) is 0 Å². The minimum atomic E-state index is -1.78. The molecule has 2 amide bonds. The van der Waals surface area contributed by atoms with E-state index in [1.54, 1.807) is 26.2 Å². The lowest BCUT2D eigenvalue weighted by molar-refractivity contribution is 0.153. The van der Waals surface area contributed by atoms with Crippen LogP contribution in [-0.2, 0) is 0 Å². The van der Waals surface area contributed by atoms with Gasteiger partial charge in [0.1, 0.15) is 5.75 Å². The summed E-state index contributed by atoms with van der Waals surface area (Å²) in [6, 6.07) is 6.82. The van der Waals surface area contributed by atoms with Gasteiger partial charge in [-0.2, -0.15) is 0 Å². The van der Waals surface area contributed by atoms with E-state index in [0.29, 0.717) is 5.75 Å². The summed E-state index contributed by atoms with van der Waals surface area (Å²) < 4.78 is 3.74. The molecule has 1 atom stereocenters. The van der Waals surface area contributed by atoms with Gasteiger partial charge in [0.2, 0.25) is 10.0 Å². The number of hydrogen-bond acceptors (Lipinski definition) is 2. The molecule has 1 N–H and O–H groups in total. The highest BCUT2D eigenvalue weighted by Gasteiger charge is 2.36. The molecule has 0 saturated heterocycles. The molecule has 4 nitrogen and oxygen atoms in total. The molecule has 0 bridgehead atoms. The van der Waals surface area contributed by atoms with Crippen LogP contribution in [0.4, 0.5) is 4.79 Å². The highest BCUT2D eigenvalue weighted by molar-refractivity contribution is 6.68. The molecule has 0 aliphatic carbocycles. The predicted octanol–water partition coefficient (Wildman–Crippen LogP) is 3.34. The fraction of sp³-hybridized carbons (Fsp3) is 0.417. The predicted molar refractivity (Wildman–Crippen MR) is 78.1 cm³/mol.